The number of piperazine rings is 1. The van der Waals surface area contributed by atoms with Gasteiger partial charge in [-0.25, -0.2) is 4.98 Å². The zero-order chi connectivity index (χ0) is 21.3. The van der Waals surface area contributed by atoms with E-state index in [1.54, 1.807) is 7.05 Å². The first-order chi connectivity index (χ1) is 14.4. The molecule has 0 aliphatic carbocycles. The van der Waals surface area contributed by atoms with Gasteiger partial charge in [-0.3, -0.25) is 14.2 Å². The lowest BCUT2D eigenvalue weighted by Crippen LogP contribution is -2.49. The Balaban J connectivity index is 1.39. The highest BCUT2D eigenvalue weighted by atomic mass is 35.5. The second-order valence-electron chi connectivity index (χ2n) is 7.42. The van der Waals surface area contributed by atoms with Crippen molar-refractivity contribution in [1.29, 1.82) is 0 Å². The number of carbonyl (C=O) groups is 1. The van der Waals surface area contributed by atoms with Crippen LogP contribution >= 0.6 is 23.4 Å². The molecule has 6 nitrogen and oxygen atoms in total. The van der Waals surface area contributed by atoms with Gasteiger partial charge in [-0.2, -0.15) is 0 Å². The average Bonchev–Trinajstić information content (AvgIpc) is 2.75. The van der Waals surface area contributed by atoms with Crippen molar-refractivity contribution in [2.24, 2.45) is 7.05 Å². The third-order valence-corrected chi connectivity index (χ3v) is 6.57. The van der Waals surface area contributed by atoms with Crippen molar-refractivity contribution in [2.45, 2.75) is 12.1 Å². The molecule has 0 radical (unpaired) electrons. The number of amides is 1. The predicted molar refractivity (Wildman–Crippen MR) is 123 cm³/mol. The van der Waals surface area contributed by atoms with Crippen molar-refractivity contribution in [3.63, 3.8) is 0 Å². The Morgan fingerprint density at radius 1 is 1.13 bits per heavy atom. The first-order valence-electron chi connectivity index (χ1n) is 9.81. The molecule has 1 amide bonds. The summed E-state index contributed by atoms with van der Waals surface area (Å²) in [6.45, 7) is 4.81. The highest BCUT2D eigenvalue weighted by Crippen LogP contribution is 2.22. The number of hydrogen-bond acceptors (Lipinski definition) is 5. The second-order valence-corrected chi connectivity index (χ2v) is 8.79. The fourth-order valence-corrected chi connectivity index (χ4v) is 4.66. The Morgan fingerprint density at radius 2 is 1.90 bits per heavy atom. The molecule has 3 aromatic rings. The molecule has 2 heterocycles. The summed E-state index contributed by atoms with van der Waals surface area (Å²) in [6, 6.07) is 13.4. The smallest absolute Gasteiger partial charge is 0.261 e. The molecule has 8 heteroatoms. The van der Waals surface area contributed by atoms with Crippen molar-refractivity contribution in [1.82, 2.24) is 14.5 Å². The van der Waals surface area contributed by atoms with Gasteiger partial charge < -0.3 is 9.80 Å². The molecule has 1 aliphatic rings. The maximum Gasteiger partial charge on any atom is 0.261 e. The highest BCUT2D eigenvalue weighted by molar-refractivity contribution is 7.99. The van der Waals surface area contributed by atoms with Crippen LogP contribution in [0, 0.1) is 6.92 Å². The number of hydrogen-bond donors (Lipinski definition) is 0. The molecule has 0 unspecified atom stereocenters. The van der Waals surface area contributed by atoms with E-state index in [-0.39, 0.29) is 17.2 Å². The third kappa shape index (κ3) is 4.32. The van der Waals surface area contributed by atoms with Gasteiger partial charge in [0.25, 0.3) is 5.56 Å². The van der Waals surface area contributed by atoms with Crippen LogP contribution in [-0.2, 0) is 11.8 Å². The van der Waals surface area contributed by atoms with E-state index < -0.39 is 0 Å². The number of aromatic nitrogens is 2. The van der Waals surface area contributed by atoms with Crippen molar-refractivity contribution in [2.75, 3.05) is 36.8 Å². The lowest BCUT2D eigenvalue weighted by Gasteiger charge is -2.36. The van der Waals surface area contributed by atoms with Crippen LogP contribution < -0.4 is 10.5 Å². The molecule has 0 N–H and O–H groups in total. The predicted octanol–water partition coefficient (Wildman–Crippen LogP) is 3.34. The Kier molecular flexibility index (Phi) is 6.01. The van der Waals surface area contributed by atoms with Gasteiger partial charge in [0.2, 0.25) is 5.91 Å². The summed E-state index contributed by atoms with van der Waals surface area (Å²) >= 11 is 7.40. The summed E-state index contributed by atoms with van der Waals surface area (Å²) in [4.78, 5) is 34.1. The Bertz CT molecular complexity index is 1160. The summed E-state index contributed by atoms with van der Waals surface area (Å²) in [5, 5.41) is 1.87. The lowest BCUT2D eigenvalue weighted by atomic mass is 10.2. The largest absolute Gasteiger partial charge is 0.368 e. The minimum Gasteiger partial charge on any atom is -0.368 e. The van der Waals surface area contributed by atoms with Crippen LogP contribution in [0.3, 0.4) is 0 Å². The number of aryl methyl sites for hydroxylation is 1. The van der Waals surface area contributed by atoms with Crippen molar-refractivity contribution in [3.8, 4) is 0 Å². The molecule has 4 rings (SSSR count). The summed E-state index contributed by atoms with van der Waals surface area (Å²) < 4.78 is 1.52. The summed E-state index contributed by atoms with van der Waals surface area (Å²) in [7, 11) is 1.70. The number of fused-ring (bicyclic) bond motifs is 1. The first kappa shape index (κ1) is 20.8. The Labute approximate surface area is 184 Å². The van der Waals surface area contributed by atoms with Crippen LogP contribution in [0.2, 0.25) is 5.02 Å². The van der Waals surface area contributed by atoms with Crippen LogP contribution in [0.1, 0.15) is 5.56 Å². The van der Waals surface area contributed by atoms with E-state index in [2.05, 4.69) is 9.88 Å². The minimum absolute atomic E-state index is 0.0593. The van der Waals surface area contributed by atoms with Gasteiger partial charge in [-0.1, -0.05) is 41.1 Å². The third-order valence-electron chi connectivity index (χ3n) is 5.32. The van der Waals surface area contributed by atoms with Crippen molar-refractivity contribution >= 4 is 45.9 Å². The minimum atomic E-state index is -0.0891. The number of thioether (sulfide) groups is 1. The molecule has 1 aromatic heterocycles. The average molecular weight is 443 g/mol. The summed E-state index contributed by atoms with van der Waals surface area (Å²) in [6.07, 6.45) is 0. The maximum atomic E-state index is 12.7. The fourth-order valence-electron chi connectivity index (χ4n) is 3.60. The SMILES string of the molecule is Cc1ccc2nc(SCC(=O)N3CCN(c4cccc(Cl)c4)CC3)n(C)c(=O)c2c1. The molecule has 156 valence electrons. The van der Waals surface area contributed by atoms with Gasteiger partial charge in [0.15, 0.2) is 5.16 Å². The standard InChI is InChI=1S/C22H23ClN4O2S/c1-15-6-7-19-18(12-15)21(29)25(2)22(24-19)30-14-20(28)27-10-8-26(9-11-27)17-5-3-4-16(23)13-17/h3-7,12-13H,8-11,14H2,1-2H3. The number of anilines is 1. The van der Waals surface area contributed by atoms with Crippen LogP contribution in [0.4, 0.5) is 5.69 Å². The quantitative estimate of drug-likeness (QED) is 0.458. The molecule has 1 aliphatic heterocycles. The zero-order valence-corrected chi connectivity index (χ0v) is 18.5. The van der Waals surface area contributed by atoms with E-state index in [4.69, 9.17) is 11.6 Å². The second kappa shape index (κ2) is 8.70. The monoisotopic (exact) mass is 442 g/mol. The first-order valence-corrected chi connectivity index (χ1v) is 11.2. The van der Waals surface area contributed by atoms with E-state index in [1.165, 1.54) is 16.3 Å². The van der Waals surface area contributed by atoms with Crippen molar-refractivity contribution in [3.05, 3.63) is 63.4 Å². The molecule has 1 saturated heterocycles. The molecule has 30 heavy (non-hydrogen) atoms. The Hall–Kier alpha value is -2.51. The van der Waals surface area contributed by atoms with E-state index >= 15 is 0 Å². The molecule has 1 fully saturated rings. The summed E-state index contributed by atoms with van der Waals surface area (Å²) in [5.74, 6) is 0.318. The van der Waals surface area contributed by atoms with Crippen LogP contribution in [0.15, 0.2) is 52.4 Å². The normalized spacial score (nSPS) is 14.4. The van der Waals surface area contributed by atoms with Gasteiger partial charge in [-0.05, 0) is 37.3 Å². The van der Waals surface area contributed by atoms with Crippen LogP contribution in [-0.4, -0.2) is 52.3 Å². The van der Waals surface area contributed by atoms with E-state index in [9.17, 15) is 9.59 Å². The van der Waals surface area contributed by atoms with Crippen LogP contribution in [0.25, 0.3) is 10.9 Å². The topological polar surface area (TPSA) is 58.4 Å². The maximum absolute atomic E-state index is 12.7. The van der Waals surface area contributed by atoms with Gasteiger partial charge in [-0.15, -0.1) is 0 Å². The zero-order valence-electron chi connectivity index (χ0n) is 17.0. The number of rotatable bonds is 4. The van der Waals surface area contributed by atoms with Gasteiger partial charge in [0.1, 0.15) is 0 Å². The molecule has 2 aromatic carbocycles. The highest BCUT2D eigenvalue weighted by Gasteiger charge is 2.22. The molecule has 0 spiro atoms. The number of halogens is 1. The van der Waals surface area contributed by atoms with Gasteiger partial charge in [0, 0.05) is 43.9 Å². The van der Waals surface area contributed by atoms with E-state index in [0.29, 0.717) is 34.2 Å². The summed E-state index contributed by atoms with van der Waals surface area (Å²) in [5.41, 5.74) is 2.67. The van der Waals surface area contributed by atoms with Gasteiger partial charge in [0.05, 0.1) is 16.7 Å². The van der Waals surface area contributed by atoms with E-state index in [1.807, 2.05) is 54.3 Å². The molecular weight excluding hydrogens is 420 g/mol. The number of nitrogens with zero attached hydrogens (tertiary/aromatic N) is 4. The number of benzene rings is 2. The fraction of sp³-hybridized carbons (Fsp3) is 0.318. The number of carbonyl (C=O) groups excluding carboxylic acids is 1. The molecule has 0 saturated carbocycles. The molecule has 0 atom stereocenters. The van der Waals surface area contributed by atoms with E-state index in [0.717, 1.165) is 24.3 Å². The molecule has 0 bridgehead atoms. The molecular formula is C22H23ClN4O2S. The lowest BCUT2D eigenvalue weighted by molar-refractivity contribution is -0.128. The van der Waals surface area contributed by atoms with Crippen molar-refractivity contribution < 1.29 is 4.79 Å². The van der Waals surface area contributed by atoms with Crippen LogP contribution in [0.5, 0.6) is 0 Å². The Morgan fingerprint density at radius 3 is 2.63 bits per heavy atom. The van der Waals surface area contributed by atoms with Gasteiger partial charge >= 0.3 is 0 Å².